The molecule has 0 radical (unpaired) electrons. The van der Waals surface area contributed by atoms with Gasteiger partial charge in [0, 0.05) is 12.7 Å². The number of nitrogens with one attached hydrogen (secondary N) is 1. The Balaban J connectivity index is 0.00000363. The fourth-order valence-electron chi connectivity index (χ4n) is 2.86. The van der Waals surface area contributed by atoms with Crippen LogP contribution in [0.3, 0.4) is 0 Å². The Morgan fingerprint density at radius 3 is 2.47 bits per heavy atom. The molecule has 0 bridgehead atoms. The Morgan fingerprint density at radius 1 is 1.03 bits per heavy atom. The molecule has 0 unspecified atom stereocenters. The van der Waals surface area contributed by atoms with Gasteiger partial charge in [-0.1, -0.05) is 12.1 Å². The predicted octanol–water partition coefficient (Wildman–Crippen LogP) is 4.30. The second kappa shape index (κ2) is 12.7. The van der Waals surface area contributed by atoms with Gasteiger partial charge in [0.05, 0.1) is 27.0 Å². The zero-order valence-electron chi connectivity index (χ0n) is 17.9. The number of benzene rings is 2. The smallest absolute Gasteiger partial charge is 0.188 e. The van der Waals surface area contributed by atoms with Crippen molar-refractivity contribution in [2.45, 2.75) is 13.0 Å². The van der Waals surface area contributed by atoms with E-state index in [0.717, 1.165) is 12.0 Å². The van der Waals surface area contributed by atoms with Crippen molar-refractivity contribution >= 4 is 29.9 Å². The fourth-order valence-corrected chi connectivity index (χ4v) is 2.86. The number of aliphatic imine (C=N–C) groups is 1. The van der Waals surface area contributed by atoms with Crippen LogP contribution in [-0.4, -0.2) is 31.7 Å². The minimum absolute atomic E-state index is 0. The lowest BCUT2D eigenvalue weighted by Crippen LogP contribution is -2.33. The van der Waals surface area contributed by atoms with Crippen molar-refractivity contribution in [3.63, 3.8) is 0 Å². The molecule has 3 rings (SSSR count). The summed E-state index contributed by atoms with van der Waals surface area (Å²) in [6, 6.07) is 13.9. The zero-order chi connectivity index (χ0) is 22.1. The minimum atomic E-state index is -0.475. The molecule has 0 atom stereocenters. The number of hydrogen-bond donors (Lipinski definition) is 2. The number of nitrogens with two attached hydrogens (primary N) is 1. The molecule has 1 aromatic heterocycles. The lowest BCUT2D eigenvalue weighted by Gasteiger charge is -2.10. The largest absolute Gasteiger partial charge is 0.493 e. The molecule has 32 heavy (non-hydrogen) atoms. The molecule has 0 spiro atoms. The quantitative estimate of drug-likeness (QED) is 0.234. The van der Waals surface area contributed by atoms with E-state index in [-0.39, 0.29) is 42.2 Å². The first-order valence-electron chi connectivity index (χ1n) is 9.70. The first-order chi connectivity index (χ1) is 15.1. The number of nitrogens with zero attached hydrogens (tertiary/aromatic N) is 2. The Labute approximate surface area is 203 Å². The molecule has 0 saturated heterocycles. The Bertz CT molecular complexity index is 1040. The molecule has 0 aliphatic heterocycles. The summed E-state index contributed by atoms with van der Waals surface area (Å²) < 4.78 is 30.3. The molecule has 170 valence electrons. The van der Waals surface area contributed by atoms with Crippen molar-refractivity contribution in [3.05, 3.63) is 77.9 Å². The van der Waals surface area contributed by atoms with Gasteiger partial charge < -0.3 is 25.3 Å². The highest BCUT2D eigenvalue weighted by atomic mass is 127. The Hall–Kier alpha value is -3.08. The first kappa shape index (κ1) is 25.2. The predicted molar refractivity (Wildman–Crippen MR) is 133 cm³/mol. The van der Waals surface area contributed by atoms with Crippen LogP contribution >= 0.6 is 24.0 Å². The molecule has 0 fully saturated rings. The SMILES string of the molecule is COc1ccc(CCNC(N)=NCc2ccc(Oc3cccnc3)c(F)c2)cc1OC.I. The minimum Gasteiger partial charge on any atom is -0.493 e. The number of halogens is 2. The summed E-state index contributed by atoms with van der Waals surface area (Å²) in [5.41, 5.74) is 7.68. The lowest BCUT2D eigenvalue weighted by molar-refractivity contribution is 0.354. The number of pyridine rings is 1. The highest BCUT2D eigenvalue weighted by Gasteiger charge is 2.07. The topological polar surface area (TPSA) is 91.0 Å². The molecule has 9 heteroatoms. The maximum absolute atomic E-state index is 14.3. The summed E-state index contributed by atoms with van der Waals surface area (Å²) >= 11 is 0. The van der Waals surface area contributed by atoms with Crippen LogP contribution < -0.4 is 25.3 Å². The maximum atomic E-state index is 14.3. The first-order valence-corrected chi connectivity index (χ1v) is 9.70. The summed E-state index contributed by atoms with van der Waals surface area (Å²) in [4.78, 5) is 8.20. The Kier molecular flexibility index (Phi) is 9.99. The van der Waals surface area contributed by atoms with Gasteiger partial charge in [0.15, 0.2) is 29.0 Å². The summed E-state index contributed by atoms with van der Waals surface area (Å²) in [7, 11) is 3.20. The van der Waals surface area contributed by atoms with Crippen molar-refractivity contribution in [2.24, 2.45) is 10.7 Å². The van der Waals surface area contributed by atoms with Crippen molar-refractivity contribution in [3.8, 4) is 23.0 Å². The van der Waals surface area contributed by atoms with Gasteiger partial charge in [-0.25, -0.2) is 9.38 Å². The zero-order valence-corrected chi connectivity index (χ0v) is 20.2. The summed E-state index contributed by atoms with van der Waals surface area (Å²) in [6.07, 6.45) is 3.87. The van der Waals surface area contributed by atoms with Crippen LogP contribution in [0.4, 0.5) is 4.39 Å². The van der Waals surface area contributed by atoms with Crippen molar-refractivity contribution in [1.29, 1.82) is 0 Å². The molecule has 0 aliphatic rings. The van der Waals surface area contributed by atoms with Gasteiger partial charge in [-0.2, -0.15) is 0 Å². The molecule has 0 saturated carbocycles. The average Bonchev–Trinajstić information content (AvgIpc) is 2.80. The highest BCUT2D eigenvalue weighted by Crippen LogP contribution is 2.27. The van der Waals surface area contributed by atoms with Gasteiger partial charge >= 0.3 is 0 Å². The van der Waals surface area contributed by atoms with Crippen molar-refractivity contribution < 1.29 is 18.6 Å². The number of rotatable bonds is 9. The molecule has 0 amide bonds. The molecule has 3 aromatic rings. The molecule has 1 heterocycles. The van der Waals surface area contributed by atoms with Gasteiger partial charge in [0.25, 0.3) is 0 Å². The van der Waals surface area contributed by atoms with Gasteiger partial charge in [-0.3, -0.25) is 4.98 Å². The van der Waals surface area contributed by atoms with E-state index in [4.69, 9.17) is 19.9 Å². The number of hydrogen-bond acceptors (Lipinski definition) is 5. The van der Waals surface area contributed by atoms with Crippen LogP contribution in [0, 0.1) is 5.82 Å². The third-order valence-electron chi connectivity index (χ3n) is 4.46. The van der Waals surface area contributed by atoms with Crippen LogP contribution in [0.15, 0.2) is 65.9 Å². The summed E-state index contributed by atoms with van der Waals surface area (Å²) in [5.74, 6) is 1.77. The molecule has 7 nitrogen and oxygen atoms in total. The molecule has 3 N–H and O–H groups in total. The van der Waals surface area contributed by atoms with Gasteiger partial charge in [0.2, 0.25) is 0 Å². The van der Waals surface area contributed by atoms with Gasteiger partial charge in [-0.15, -0.1) is 24.0 Å². The molecule has 2 aromatic carbocycles. The third kappa shape index (κ3) is 7.26. The molecular weight excluding hydrogens is 526 g/mol. The lowest BCUT2D eigenvalue weighted by atomic mass is 10.1. The van der Waals surface area contributed by atoms with E-state index in [1.165, 1.54) is 12.3 Å². The second-order valence-electron chi connectivity index (χ2n) is 6.62. The van der Waals surface area contributed by atoms with E-state index in [1.54, 1.807) is 44.7 Å². The van der Waals surface area contributed by atoms with Crippen LogP contribution in [-0.2, 0) is 13.0 Å². The average molecular weight is 552 g/mol. The number of aromatic nitrogens is 1. The van der Waals surface area contributed by atoms with E-state index >= 15 is 0 Å². The number of methoxy groups -OCH3 is 2. The van der Waals surface area contributed by atoms with Crippen LogP contribution in [0.25, 0.3) is 0 Å². The maximum Gasteiger partial charge on any atom is 0.188 e. The van der Waals surface area contributed by atoms with E-state index in [2.05, 4.69) is 15.3 Å². The van der Waals surface area contributed by atoms with Gasteiger partial charge in [-0.05, 0) is 53.9 Å². The van der Waals surface area contributed by atoms with Crippen molar-refractivity contribution in [2.75, 3.05) is 20.8 Å². The number of guanidine groups is 1. The number of ether oxygens (including phenoxy) is 3. The Morgan fingerprint density at radius 2 is 1.78 bits per heavy atom. The van der Waals surface area contributed by atoms with Crippen molar-refractivity contribution in [1.82, 2.24) is 10.3 Å². The normalized spacial score (nSPS) is 10.8. The molecule has 0 aliphatic carbocycles. The van der Waals surface area contributed by atoms with E-state index < -0.39 is 5.82 Å². The third-order valence-corrected chi connectivity index (χ3v) is 4.46. The van der Waals surface area contributed by atoms with Crippen LogP contribution in [0.1, 0.15) is 11.1 Å². The highest BCUT2D eigenvalue weighted by molar-refractivity contribution is 14.0. The monoisotopic (exact) mass is 552 g/mol. The standard InChI is InChI=1S/C23H25FN4O3.HI/c1-29-21-8-5-16(13-22(21)30-2)9-11-27-23(25)28-14-17-6-7-20(19(24)12-17)31-18-4-3-10-26-15-18;/h3-8,10,12-13,15H,9,11,14H2,1-2H3,(H3,25,27,28);1H. The molecular formula is C23H26FIN4O3. The van der Waals surface area contributed by atoms with E-state index in [1.807, 2.05) is 18.2 Å². The van der Waals surface area contributed by atoms with E-state index in [9.17, 15) is 4.39 Å². The van der Waals surface area contributed by atoms with Crippen LogP contribution in [0.2, 0.25) is 0 Å². The summed E-state index contributed by atoms with van der Waals surface area (Å²) in [6.45, 7) is 0.844. The second-order valence-corrected chi connectivity index (χ2v) is 6.62. The van der Waals surface area contributed by atoms with Crippen LogP contribution in [0.5, 0.6) is 23.0 Å². The summed E-state index contributed by atoms with van der Waals surface area (Å²) in [5, 5.41) is 3.06. The fraction of sp³-hybridized carbons (Fsp3) is 0.217. The van der Waals surface area contributed by atoms with E-state index in [0.29, 0.717) is 29.4 Å². The van der Waals surface area contributed by atoms with Gasteiger partial charge in [0.1, 0.15) is 5.75 Å².